The van der Waals surface area contributed by atoms with Crippen LogP contribution in [0.15, 0.2) is 24.3 Å². The summed E-state index contributed by atoms with van der Waals surface area (Å²) in [5.74, 6) is 0. The second-order valence-corrected chi connectivity index (χ2v) is 6.50. The Kier molecular flexibility index (Phi) is 4.30. The Morgan fingerprint density at radius 3 is 2.60 bits per heavy atom. The lowest BCUT2D eigenvalue weighted by molar-refractivity contribution is -0.0307. The molecule has 1 aromatic rings. The summed E-state index contributed by atoms with van der Waals surface area (Å²) in [6, 6.07) is 8.87. The van der Waals surface area contributed by atoms with E-state index in [1.54, 1.807) is 0 Å². The molecular formula is C18H27NO. The van der Waals surface area contributed by atoms with Gasteiger partial charge in [-0.2, -0.15) is 0 Å². The summed E-state index contributed by atoms with van der Waals surface area (Å²) >= 11 is 0. The summed E-state index contributed by atoms with van der Waals surface area (Å²) in [5, 5.41) is 3.54. The van der Waals surface area contributed by atoms with Gasteiger partial charge in [0, 0.05) is 12.2 Å². The first-order valence-corrected chi connectivity index (χ1v) is 8.30. The number of hydrogen-bond donors (Lipinski definition) is 1. The van der Waals surface area contributed by atoms with Crippen LogP contribution in [0.3, 0.4) is 0 Å². The number of ether oxygens (including phenoxy) is 1. The molecule has 0 amide bonds. The maximum atomic E-state index is 6.33. The van der Waals surface area contributed by atoms with Crippen molar-refractivity contribution in [3.05, 3.63) is 29.8 Å². The quantitative estimate of drug-likeness (QED) is 0.850. The molecule has 1 aromatic carbocycles. The van der Waals surface area contributed by atoms with Gasteiger partial charge in [0.05, 0.1) is 11.7 Å². The Hall–Kier alpha value is -1.02. The molecule has 0 bridgehead atoms. The van der Waals surface area contributed by atoms with E-state index in [0.717, 1.165) is 6.54 Å². The Balaban J connectivity index is 1.47. The summed E-state index contributed by atoms with van der Waals surface area (Å²) in [7, 11) is 0. The number of aryl methyl sites for hydroxylation is 1. The lowest BCUT2D eigenvalue weighted by Crippen LogP contribution is -2.27. The van der Waals surface area contributed by atoms with Gasteiger partial charge in [0.15, 0.2) is 0 Å². The molecule has 2 fully saturated rings. The van der Waals surface area contributed by atoms with Crippen LogP contribution in [-0.2, 0) is 11.2 Å². The van der Waals surface area contributed by atoms with E-state index in [9.17, 15) is 0 Å². The molecule has 1 aliphatic carbocycles. The number of anilines is 1. The number of benzene rings is 1. The van der Waals surface area contributed by atoms with Crippen molar-refractivity contribution in [2.24, 2.45) is 0 Å². The topological polar surface area (TPSA) is 21.3 Å². The fourth-order valence-corrected chi connectivity index (χ4v) is 3.74. The molecule has 1 unspecified atom stereocenters. The third-order valence-electron chi connectivity index (χ3n) is 4.88. The molecule has 1 N–H and O–H groups in total. The van der Waals surface area contributed by atoms with E-state index in [4.69, 9.17) is 4.74 Å². The molecule has 1 atom stereocenters. The molecule has 1 saturated heterocycles. The zero-order valence-corrected chi connectivity index (χ0v) is 12.7. The van der Waals surface area contributed by atoms with E-state index < -0.39 is 0 Å². The Morgan fingerprint density at radius 1 is 1.15 bits per heavy atom. The molecule has 20 heavy (non-hydrogen) atoms. The molecule has 0 aromatic heterocycles. The second kappa shape index (κ2) is 6.17. The summed E-state index contributed by atoms with van der Waals surface area (Å²) < 4.78 is 6.33. The molecule has 1 saturated carbocycles. The van der Waals surface area contributed by atoms with Gasteiger partial charge in [-0.3, -0.25) is 0 Å². The molecule has 0 radical (unpaired) electrons. The first-order chi connectivity index (χ1) is 9.80. The normalized spacial score (nSPS) is 24.4. The van der Waals surface area contributed by atoms with Crippen LogP contribution in [0.4, 0.5) is 5.69 Å². The van der Waals surface area contributed by atoms with Crippen LogP contribution < -0.4 is 5.32 Å². The average molecular weight is 273 g/mol. The second-order valence-electron chi connectivity index (χ2n) is 6.50. The molecule has 1 aliphatic heterocycles. The fourth-order valence-electron chi connectivity index (χ4n) is 3.74. The third kappa shape index (κ3) is 3.17. The summed E-state index contributed by atoms with van der Waals surface area (Å²) in [6.07, 6.45) is 10.6. The minimum atomic E-state index is 0.261. The van der Waals surface area contributed by atoms with Gasteiger partial charge in [0.2, 0.25) is 0 Å². The Bertz CT molecular complexity index is 420. The van der Waals surface area contributed by atoms with Crippen molar-refractivity contribution in [1.29, 1.82) is 0 Å². The summed E-state index contributed by atoms with van der Waals surface area (Å²) in [4.78, 5) is 0. The summed E-state index contributed by atoms with van der Waals surface area (Å²) in [6.45, 7) is 3.18. The van der Waals surface area contributed by atoms with Gasteiger partial charge in [-0.25, -0.2) is 0 Å². The highest BCUT2D eigenvalue weighted by atomic mass is 16.5. The van der Waals surface area contributed by atoms with Crippen LogP contribution in [-0.4, -0.2) is 18.2 Å². The number of nitrogens with one attached hydrogen (secondary N) is 1. The molecular weight excluding hydrogens is 246 g/mol. The van der Waals surface area contributed by atoms with Gasteiger partial charge in [-0.15, -0.1) is 0 Å². The average Bonchev–Trinajstić information content (AvgIpc) is 3.09. The molecule has 2 aliphatic rings. The zero-order chi connectivity index (χ0) is 13.8. The van der Waals surface area contributed by atoms with Crippen LogP contribution >= 0.6 is 0 Å². The van der Waals surface area contributed by atoms with Crippen LogP contribution in [0, 0.1) is 0 Å². The van der Waals surface area contributed by atoms with Crippen molar-refractivity contribution in [1.82, 2.24) is 0 Å². The molecule has 2 nitrogen and oxygen atoms in total. The zero-order valence-electron chi connectivity index (χ0n) is 12.7. The molecule has 2 heteroatoms. The van der Waals surface area contributed by atoms with Gasteiger partial charge in [-0.1, -0.05) is 38.3 Å². The van der Waals surface area contributed by atoms with Crippen LogP contribution in [0.25, 0.3) is 0 Å². The van der Waals surface area contributed by atoms with E-state index in [1.807, 2.05) is 0 Å². The highest BCUT2D eigenvalue weighted by Crippen LogP contribution is 2.43. The van der Waals surface area contributed by atoms with E-state index in [0.29, 0.717) is 6.10 Å². The highest BCUT2D eigenvalue weighted by molar-refractivity contribution is 5.44. The molecule has 110 valence electrons. The van der Waals surface area contributed by atoms with Gasteiger partial charge in [0.25, 0.3) is 0 Å². The van der Waals surface area contributed by atoms with Crippen molar-refractivity contribution >= 4 is 5.69 Å². The first kappa shape index (κ1) is 13.9. The standard InChI is InChI=1S/C18H27NO/c1-2-5-15-6-8-16(9-7-15)19-14-17-10-13-18(20-17)11-3-4-12-18/h6-9,17,19H,2-5,10-14H2,1H3. The van der Waals surface area contributed by atoms with E-state index in [2.05, 4.69) is 36.5 Å². The van der Waals surface area contributed by atoms with Gasteiger partial charge < -0.3 is 10.1 Å². The van der Waals surface area contributed by atoms with Crippen LogP contribution in [0.1, 0.15) is 57.4 Å². The highest BCUT2D eigenvalue weighted by Gasteiger charge is 2.41. The minimum Gasteiger partial charge on any atom is -0.382 e. The SMILES string of the molecule is CCCc1ccc(NCC2CCC3(CCCC3)O2)cc1. The Labute approximate surface area is 122 Å². The predicted molar refractivity (Wildman–Crippen MR) is 84.2 cm³/mol. The number of hydrogen-bond acceptors (Lipinski definition) is 2. The Morgan fingerprint density at radius 2 is 1.90 bits per heavy atom. The van der Waals surface area contributed by atoms with Crippen LogP contribution in [0.5, 0.6) is 0 Å². The van der Waals surface area contributed by atoms with Crippen molar-refractivity contribution in [3.63, 3.8) is 0 Å². The van der Waals surface area contributed by atoms with E-state index >= 15 is 0 Å². The maximum absolute atomic E-state index is 6.33. The van der Waals surface area contributed by atoms with Crippen LogP contribution in [0.2, 0.25) is 0 Å². The predicted octanol–water partition coefficient (Wildman–Crippen LogP) is 4.54. The minimum absolute atomic E-state index is 0.261. The monoisotopic (exact) mass is 273 g/mol. The lowest BCUT2D eigenvalue weighted by atomic mass is 9.98. The van der Waals surface area contributed by atoms with Gasteiger partial charge in [-0.05, 0) is 49.8 Å². The lowest BCUT2D eigenvalue weighted by Gasteiger charge is -2.24. The molecule has 1 heterocycles. The van der Waals surface area contributed by atoms with Crippen molar-refractivity contribution in [2.45, 2.75) is 70.0 Å². The van der Waals surface area contributed by atoms with Crippen molar-refractivity contribution in [3.8, 4) is 0 Å². The smallest absolute Gasteiger partial charge is 0.0756 e. The summed E-state index contributed by atoms with van der Waals surface area (Å²) in [5.41, 5.74) is 2.91. The maximum Gasteiger partial charge on any atom is 0.0756 e. The van der Waals surface area contributed by atoms with E-state index in [-0.39, 0.29) is 5.60 Å². The van der Waals surface area contributed by atoms with Gasteiger partial charge in [0.1, 0.15) is 0 Å². The first-order valence-electron chi connectivity index (χ1n) is 8.30. The third-order valence-corrected chi connectivity index (χ3v) is 4.88. The number of rotatable bonds is 5. The largest absolute Gasteiger partial charge is 0.382 e. The molecule has 1 spiro atoms. The molecule has 3 rings (SSSR count). The van der Waals surface area contributed by atoms with Crippen molar-refractivity contribution in [2.75, 3.05) is 11.9 Å². The van der Waals surface area contributed by atoms with E-state index in [1.165, 1.54) is 62.6 Å². The fraction of sp³-hybridized carbons (Fsp3) is 0.667. The van der Waals surface area contributed by atoms with Gasteiger partial charge >= 0.3 is 0 Å². The van der Waals surface area contributed by atoms with Crippen molar-refractivity contribution < 1.29 is 4.74 Å².